The molecule has 2 rings (SSSR count). The van der Waals surface area contributed by atoms with Gasteiger partial charge in [0.1, 0.15) is 6.04 Å². The highest BCUT2D eigenvalue weighted by atomic mass is 16.2. The lowest BCUT2D eigenvalue weighted by atomic mass is 10.0. The van der Waals surface area contributed by atoms with E-state index in [9.17, 15) is 4.79 Å². The second kappa shape index (κ2) is 6.50. The molecule has 0 aliphatic heterocycles. The van der Waals surface area contributed by atoms with Crippen molar-refractivity contribution < 1.29 is 4.79 Å². The van der Waals surface area contributed by atoms with Crippen LogP contribution in [0.15, 0.2) is 42.5 Å². The Morgan fingerprint density at radius 2 is 1.86 bits per heavy atom. The normalized spacial score (nSPS) is 12.0. The Hall–Kier alpha value is -2.20. The van der Waals surface area contributed by atoms with Crippen LogP contribution in [0.5, 0.6) is 0 Å². The van der Waals surface area contributed by atoms with Gasteiger partial charge in [-0.1, -0.05) is 35.9 Å². The first-order valence-electron chi connectivity index (χ1n) is 6.97. The molecule has 21 heavy (non-hydrogen) atoms. The average molecular weight is 283 g/mol. The molecule has 0 radical (unpaired) electrons. The summed E-state index contributed by atoms with van der Waals surface area (Å²) in [6, 6.07) is 12.9. The highest BCUT2D eigenvalue weighted by Crippen LogP contribution is 2.14. The molecule has 0 aliphatic carbocycles. The van der Waals surface area contributed by atoms with Crippen LogP contribution in [-0.2, 0) is 11.3 Å². The van der Waals surface area contributed by atoms with Crippen molar-refractivity contribution in [2.45, 2.75) is 26.4 Å². The summed E-state index contributed by atoms with van der Waals surface area (Å²) in [5, 5.41) is 0. The smallest absolute Gasteiger partial charge is 0.244 e. The van der Waals surface area contributed by atoms with Gasteiger partial charge in [0, 0.05) is 12.7 Å². The summed E-state index contributed by atoms with van der Waals surface area (Å²) in [4.78, 5) is 18.4. The SMILES string of the molecule is Cc1ccc(C(N)C(=O)N(C)Cc2cccc(C)n2)cc1. The summed E-state index contributed by atoms with van der Waals surface area (Å²) < 4.78 is 0. The van der Waals surface area contributed by atoms with E-state index in [1.54, 1.807) is 11.9 Å². The van der Waals surface area contributed by atoms with Crippen LogP contribution >= 0.6 is 0 Å². The van der Waals surface area contributed by atoms with Crippen molar-refractivity contribution in [3.63, 3.8) is 0 Å². The lowest BCUT2D eigenvalue weighted by Crippen LogP contribution is -2.35. The summed E-state index contributed by atoms with van der Waals surface area (Å²) >= 11 is 0. The van der Waals surface area contributed by atoms with Crippen molar-refractivity contribution in [1.82, 2.24) is 9.88 Å². The molecular weight excluding hydrogens is 262 g/mol. The van der Waals surface area contributed by atoms with Crippen molar-refractivity contribution in [3.05, 3.63) is 65.0 Å². The number of hydrogen-bond donors (Lipinski definition) is 1. The van der Waals surface area contributed by atoms with Gasteiger partial charge in [-0.2, -0.15) is 0 Å². The average Bonchev–Trinajstić information content (AvgIpc) is 2.46. The van der Waals surface area contributed by atoms with E-state index in [1.807, 2.05) is 56.3 Å². The molecule has 4 nitrogen and oxygen atoms in total. The van der Waals surface area contributed by atoms with E-state index in [0.29, 0.717) is 6.54 Å². The van der Waals surface area contributed by atoms with E-state index in [2.05, 4.69) is 4.98 Å². The summed E-state index contributed by atoms with van der Waals surface area (Å²) in [6.45, 7) is 4.40. The molecule has 1 atom stereocenters. The number of carbonyl (C=O) groups excluding carboxylic acids is 1. The summed E-state index contributed by atoms with van der Waals surface area (Å²) in [6.07, 6.45) is 0. The Morgan fingerprint density at radius 3 is 2.48 bits per heavy atom. The topological polar surface area (TPSA) is 59.2 Å². The monoisotopic (exact) mass is 283 g/mol. The van der Waals surface area contributed by atoms with Crippen LogP contribution in [0.25, 0.3) is 0 Å². The first-order chi connectivity index (χ1) is 9.97. The zero-order valence-corrected chi connectivity index (χ0v) is 12.7. The molecule has 0 saturated heterocycles. The van der Waals surface area contributed by atoms with E-state index in [0.717, 1.165) is 22.5 Å². The van der Waals surface area contributed by atoms with Crippen LogP contribution in [0, 0.1) is 13.8 Å². The Balaban J connectivity index is 2.06. The lowest BCUT2D eigenvalue weighted by molar-refractivity contribution is -0.132. The predicted molar refractivity (Wildman–Crippen MR) is 83.6 cm³/mol. The fourth-order valence-corrected chi connectivity index (χ4v) is 2.16. The maximum absolute atomic E-state index is 12.4. The van der Waals surface area contributed by atoms with Gasteiger partial charge in [0.25, 0.3) is 0 Å². The fraction of sp³-hybridized carbons (Fsp3) is 0.294. The van der Waals surface area contributed by atoms with E-state index in [4.69, 9.17) is 5.73 Å². The molecule has 2 aromatic rings. The van der Waals surface area contributed by atoms with Crippen molar-refractivity contribution in [3.8, 4) is 0 Å². The van der Waals surface area contributed by atoms with Crippen molar-refractivity contribution in [1.29, 1.82) is 0 Å². The van der Waals surface area contributed by atoms with Crippen LogP contribution in [0.1, 0.15) is 28.6 Å². The zero-order valence-electron chi connectivity index (χ0n) is 12.7. The van der Waals surface area contributed by atoms with E-state index in [1.165, 1.54) is 0 Å². The minimum absolute atomic E-state index is 0.109. The number of amides is 1. The van der Waals surface area contributed by atoms with Gasteiger partial charge in [0.05, 0.1) is 12.2 Å². The minimum Gasteiger partial charge on any atom is -0.338 e. The molecule has 1 aromatic heterocycles. The van der Waals surface area contributed by atoms with Crippen LogP contribution in [-0.4, -0.2) is 22.8 Å². The molecule has 0 saturated carbocycles. The van der Waals surface area contributed by atoms with Gasteiger partial charge in [0.2, 0.25) is 5.91 Å². The lowest BCUT2D eigenvalue weighted by Gasteiger charge is -2.21. The predicted octanol–water partition coefficient (Wildman–Crippen LogP) is 2.36. The summed E-state index contributed by atoms with van der Waals surface area (Å²) in [5.41, 5.74) is 9.84. The maximum atomic E-state index is 12.4. The number of aryl methyl sites for hydroxylation is 2. The second-order valence-corrected chi connectivity index (χ2v) is 5.35. The van der Waals surface area contributed by atoms with Crippen LogP contribution in [0.4, 0.5) is 0 Å². The highest BCUT2D eigenvalue weighted by molar-refractivity contribution is 5.82. The van der Waals surface area contributed by atoms with Gasteiger partial charge in [-0.05, 0) is 31.5 Å². The molecular formula is C17H21N3O. The molecule has 0 bridgehead atoms. The first kappa shape index (κ1) is 15.2. The van der Waals surface area contributed by atoms with Gasteiger partial charge in [-0.3, -0.25) is 9.78 Å². The third-order valence-corrected chi connectivity index (χ3v) is 3.42. The molecule has 0 spiro atoms. The number of nitrogens with two attached hydrogens (primary N) is 1. The number of likely N-dealkylation sites (N-methyl/N-ethyl adjacent to an activating group) is 1. The number of aromatic nitrogens is 1. The van der Waals surface area contributed by atoms with E-state index < -0.39 is 6.04 Å². The Morgan fingerprint density at radius 1 is 1.19 bits per heavy atom. The minimum atomic E-state index is -0.639. The Bertz CT molecular complexity index is 622. The maximum Gasteiger partial charge on any atom is 0.244 e. The largest absolute Gasteiger partial charge is 0.338 e. The quantitative estimate of drug-likeness (QED) is 0.937. The molecule has 0 fully saturated rings. The number of benzene rings is 1. The Labute approximate surface area is 125 Å². The van der Waals surface area contributed by atoms with Crippen molar-refractivity contribution >= 4 is 5.91 Å². The van der Waals surface area contributed by atoms with Crippen molar-refractivity contribution in [2.24, 2.45) is 5.73 Å². The van der Waals surface area contributed by atoms with Crippen molar-refractivity contribution in [2.75, 3.05) is 7.05 Å². The van der Waals surface area contributed by atoms with Gasteiger partial charge < -0.3 is 10.6 Å². The van der Waals surface area contributed by atoms with E-state index in [-0.39, 0.29) is 5.91 Å². The molecule has 1 unspecified atom stereocenters. The number of rotatable bonds is 4. The third-order valence-electron chi connectivity index (χ3n) is 3.42. The Kier molecular flexibility index (Phi) is 4.70. The van der Waals surface area contributed by atoms with Crippen LogP contribution in [0.2, 0.25) is 0 Å². The first-order valence-corrected chi connectivity index (χ1v) is 6.97. The molecule has 4 heteroatoms. The van der Waals surface area contributed by atoms with Gasteiger partial charge in [-0.15, -0.1) is 0 Å². The summed E-state index contributed by atoms with van der Waals surface area (Å²) in [5.74, 6) is -0.109. The highest BCUT2D eigenvalue weighted by Gasteiger charge is 2.20. The second-order valence-electron chi connectivity index (χ2n) is 5.35. The molecule has 1 aromatic carbocycles. The molecule has 2 N–H and O–H groups in total. The number of carbonyl (C=O) groups is 1. The van der Waals surface area contributed by atoms with Gasteiger partial charge >= 0.3 is 0 Å². The third kappa shape index (κ3) is 3.89. The van der Waals surface area contributed by atoms with Crippen LogP contribution in [0.3, 0.4) is 0 Å². The zero-order chi connectivity index (χ0) is 15.4. The van der Waals surface area contributed by atoms with Gasteiger partial charge in [-0.25, -0.2) is 0 Å². The number of hydrogen-bond acceptors (Lipinski definition) is 3. The molecule has 110 valence electrons. The van der Waals surface area contributed by atoms with Crippen LogP contribution < -0.4 is 5.73 Å². The molecule has 1 amide bonds. The molecule has 1 heterocycles. The standard InChI is InChI=1S/C17H21N3O/c1-12-7-9-14(10-8-12)16(18)17(21)20(3)11-15-6-4-5-13(2)19-15/h4-10,16H,11,18H2,1-3H3. The fourth-order valence-electron chi connectivity index (χ4n) is 2.16. The molecule has 0 aliphatic rings. The van der Waals surface area contributed by atoms with Gasteiger partial charge in [0.15, 0.2) is 0 Å². The summed E-state index contributed by atoms with van der Waals surface area (Å²) in [7, 11) is 1.75. The van der Waals surface area contributed by atoms with E-state index >= 15 is 0 Å². The number of nitrogens with zero attached hydrogens (tertiary/aromatic N) is 2. The number of pyridine rings is 1.